The SMILES string of the molecule is Cc1nc(N)ccc1CNC(=O)Cn1c(C)cnc(NNC(=O)NCc2ccccc2)c1=O. The maximum absolute atomic E-state index is 12.7. The van der Waals surface area contributed by atoms with Crippen molar-refractivity contribution in [1.82, 2.24) is 30.6 Å². The Labute approximate surface area is 190 Å². The first-order chi connectivity index (χ1) is 15.8. The highest BCUT2D eigenvalue weighted by Crippen LogP contribution is 2.07. The van der Waals surface area contributed by atoms with Gasteiger partial charge in [-0.25, -0.2) is 14.8 Å². The lowest BCUT2D eigenvalue weighted by Crippen LogP contribution is -2.41. The van der Waals surface area contributed by atoms with Gasteiger partial charge in [0.15, 0.2) is 0 Å². The van der Waals surface area contributed by atoms with Crippen LogP contribution in [0.25, 0.3) is 0 Å². The Hall–Kier alpha value is -4.41. The lowest BCUT2D eigenvalue weighted by molar-refractivity contribution is -0.121. The summed E-state index contributed by atoms with van der Waals surface area (Å²) in [4.78, 5) is 45.3. The Morgan fingerprint density at radius 3 is 2.52 bits per heavy atom. The average Bonchev–Trinajstić information content (AvgIpc) is 2.80. The summed E-state index contributed by atoms with van der Waals surface area (Å²) in [7, 11) is 0. The molecule has 3 aromatic rings. The third kappa shape index (κ3) is 6.53. The number of aromatic nitrogens is 3. The Bertz CT molecular complexity index is 1190. The molecule has 11 nitrogen and oxygen atoms in total. The molecule has 0 atom stereocenters. The molecule has 2 heterocycles. The molecule has 0 saturated carbocycles. The standard InChI is InChI=1S/C22H26N8O3/c1-14-10-25-20(28-29-22(33)26-11-16-6-4-3-5-7-16)21(32)30(14)13-19(31)24-12-17-8-9-18(23)27-15(17)2/h3-10H,11-13H2,1-2H3,(H2,23,27)(H,24,31)(H,25,28)(H2,26,29,33). The summed E-state index contributed by atoms with van der Waals surface area (Å²) < 4.78 is 1.27. The minimum atomic E-state index is -0.543. The molecule has 0 unspecified atom stereocenters. The highest BCUT2D eigenvalue weighted by atomic mass is 16.2. The number of carbonyl (C=O) groups excluding carboxylic acids is 2. The number of carbonyl (C=O) groups is 2. The maximum atomic E-state index is 12.7. The van der Waals surface area contributed by atoms with Crippen molar-refractivity contribution in [3.8, 4) is 0 Å². The first kappa shape index (κ1) is 23.3. The number of benzene rings is 1. The maximum Gasteiger partial charge on any atom is 0.333 e. The lowest BCUT2D eigenvalue weighted by Gasteiger charge is -2.14. The van der Waals surface area contributed by atoms with Gasteiger partial charge in [0.2, 0.25) is 11.7 Å². The molecular weight excluding hydrogens is 424 g/mol. The van der Waals surface area contributed by atoms with Gasteiger partial charge in [-0.15, -0.1) is 0 Å². The third-order valence-corrected chi connectivity index (χ3v) is 4.84. The molecule has 0 bridgehead atoms. The fraction of sp³-hybridized carbons (Fsp3) is 0.227. The fourth-order valence-electron chi connectivity index (χ4n) is 2.98. The minimum absolute atomic E-state index is 0.109. The van der Waals surface area contributed by atoms with Crippen molar-refractivity contribution in [3.05, 3.63) is 81.5 Å². The predicted octanol–water partition coefficient (Wildman–Crippen LogP) is 0.980. The monoisotopic (exact) mass is 450 g/mol. The molecule has 0 saturated heterocycles. The molecule has 3 amide bonds. The predicted molar refractivity (Wildman–Crippen MR) is 124 cm³/mol. The number of nitrogens with one attached hydrogen (secondary N) is 4. The van der Waals surface area contributed by atoms with Crippen molar-refractivity contribution in [2.75, 3.05) is 11.2 Å². The van der Waals surface area contributed by atoms with Gasteiger partial charge in [0.05, 0.1) is 0 Å². The van der Waals surface area contributed by atoms with E-state index < -0.39 is 11.6 Å². The van der Waals surface area contributed by atoms with Crippen LogP contribution in [-0.4, -0.2) is 26.5 Å². The number of hydrogen-bond donors (Lipinski definition) is 5. The van der Waals surface area contributed by atoms with Crippen molar-refractivity contribution in [1.29, 1.82) is 0 Å². The van der Waals surface area contributed by atoms with Crippen LogP contribution in [0.1, 0.15) is 22.5 Å². The number of amides is 3. The molecule has 2 aromatic heterocycles. The molecule has 11 heteroatoms. The van der Waals surface area contributed by atoms with Gasteiger partial charge in [0.25, 0.3) is 5.56 Å². The molecule has 33 heavy (non-hydrogen) atoms. The van der Waals surface area contributed by atoms with Gasteiger partial charge in [0, 0.05) is 30.7 Å². The normalized spacial score (nSPS) is 10.4. The highest BCUT2D eigenvalue weighted by Gasteiger charge is 2.13. The third-order valence-electron chi connectivity index (χ3n) is 4.84. The van der Waals surface area contributed by atoms with E-state index in [1.54, 1.807) is 26.0 Å². The second kappa shape index (κ2) is 10.8. The summed E-state index contributed by atoms with van der Waals surface area (Å²) in [5, 5.41) is 5.43. The molecule has 0 aliphatic carbocycles. The van der Waals surface area contributed by atoms with Crippen LogP contribution in [0.15, 0.2) is 53.5 Å². The van der Waals surface area contributed by atoms with Gasteiger partial charge in [-0.3, -0.25) is 25.0 Å². The van der Waals surface area contributed by atoms with E-state index in [0.717, 1.165) is 16.8 Å². The van der Waals surface area contributed by atoms with E-state index >= 15 is 0 Å². The van der Waals surface area contributed by atoms with Gasteiger partial charge in [-0.05, 0) is 31.0 Å². The van der Waals surface area contributed by atoms with E-state index in [9.17, 15) is 14.4 Å². The van der Waals surface area contributed by atoms with Gasteiger partial charge in [-0.1, -0.05) is 36.4 Å². The Morgan fingerprint density at radius 1 is 1.03 bits per heavy atom. The van der Waals surface area contributed by atoms with Gasteiger partial charge < -0.3 is 16.4 Å². The van der Waals surface area contributed by atoms with E-state index in [0.29, 0.717) is 18.1 Å². The summed E-state index contributed by atoms with van der Waals surface area (Å²) in [6, 6.07) is 12.3. The molecular formula is C22H26N8O3. The van der Waals surface area contributed by atoms with E-state index in [-0.39, 0.29) is 24.8 Å². The number of pyridine rings is 1. The molecule has 1 aromatic carbocycles. The van der Waals surface area contributed by atoms with Gasteiger partial charge in [0.1, 0.15) is 12.4 Å². The molecule has 6 N–H and O–H groups in total. The van der Waals surface area contributed by atoms with Crippen molar-refractivity contribution < 1.29 is 9.59 Å². The number of aryl methyl sites for hydroxylation is 2. The van der Waals surface area contributed by atoms with Crippen LogP contribution in [0.5, 0.6) is 0 Å². The zero-order valence-electron chi connectivity index (χ0n) is 18.4. The van der Waals surface area contributed by atoms with Crippen molar-refractivity contribution in [2.45, 2.75) is 33.5 Å². The minimum Gasteiger partial charge on any atom is -0.384 e. The smallest absolute Gasteiger partial charge is 0.333 e. The summed E-state index contributed by atoms with van der Waals surface area (Å²) in [5.41, 5.74) is 12.9. The van der Waals surface area contributed by atoms with Crippen LogP contribution in [0, 0.1) is 13.8 Å². The van der Waals surface area contributed by atoms with Crippen LogP contribution in [0.3, 0.4) is 0 Å². The van der Waals surface area contributed by atoms with Gasteiger partial charge >= 0.3 is 6.03 Å². The molecule has 3 rings (SSSR count). The number of rotatable bonds is 8. The molecule has 172 valence electrons. The van der Waals surface area contributed by atoms with E-state index in [1.807, 2.05) is 30.3 Å². The van der Waals surface area contributed by atoms with Gasteiger partial charge in [-0.2, -0.15) is 0 Å². The van der Waals surface area contributed by atoms with Crippen molar-refractivity contribution >= 4 is 23.6 Å². The lowest BCUT2D eigenvalue weighted by atomic mass is 10.2. The zero-order chi connectivity index (χ0) is 23.8. The number of nitrogens with zero attached hydrogens (tertiary/aromatic N) is 3. The van der Waals surface area contributed by atoms with E-state index in [1.165, 1.54) is 10.8 Å². The summed E-state index contributed by atoms with van der Waals surface area (Å²) in [6.45, 7) is 3.84. The highest BCUT2D eigenvalue weighted by molar-refractivity contribution is 5.76. The number of urea groups is 1. The van der Waals surface area contributed by atoms with E-state index in [2.05, 4.69) is 31.5 Å². The summed E-state index contributed by atoms with van der Waals surface area (Å²) in [6.07, 6.45) is 1.44. The topological polar surface area (TPSA) is 156 Å². The average molecular weight is 451 g/mol. The zero-order valence-corrected chi connectivity index (χ0v) is 18.4. The fourth-order valence-corrected chi connectivity index (χ4v) is 2.98. The van der Waals surface area contributed by atoms with Crippen LogP contribution in [-0.2, 0) is 24.4 Å². The van der Waals surface area contributed by atoms with E-state index in [4.69, 9.17) is 5.73 Å². The first-order valence-electron chi connectivity index (χ1n) is 10.2. The first-order valence-corrected chi connectivity index (χ1v) is 10.2. The number of anilines is 2. The number of hydrazine groups is 1. The van der Waals surface area contributed by atoms with Crippen LogP contribution < -0.4 is 32.8 Å². The second-order valence-corrected chi connectivity index (χ2v) is 7.32. The molecule has 0 spiro atoms. The molecule has 0 aliphatic rings. The van der Waals surface area contributed by atoms with Crippen LogP contribution >= 0.6 is 0 Å². The quantitative estimate of drug-likeness (QED) is 0.320. The Morgan fingerprint density at radius 2 is 1.79 bits per heavy atom. The molecule has 0 aliphatic heterocycles. The largest absolute Gasteiger partial charge is 0.384 e. The summed E-state index contributed by atoms with van der Waals surface area (Å²) in [5.74, 6) is -0.0621. The summed E-state index contributed by atoms with van der Waals surface area (Å²) >= 11 is 0. The molecule has 0 radical (unpaired) electrons. The number of nitrogens with two attached hydrogens (primary N) is 1. The molecule has 0 fully saturated rings. The van der Waals surface area contributed by atoms with Crippen LogP contribution in [0.2, 0.25) is 0 Å². The van der Waals surface area contributed by atoms with Crippen molar-refractivity contribution in [2.24, 2.45) is 0 Å². The van der Waals surface area contributed by atoms with Crippen molar-refractivity contribution in [3.63, 3.8) is 0 Å². The Balaban J connectivity index is 1.56. The Kier molecular flexibility index (Phi) is 7.58. The number of hydrogen-bond acceptors (Lipinski definition) is 7. The second-order valence-electron chi connectivity index (χ2n) is 7.32. The van der Waals surface area contributed by atoms with Crippen LogP contribution in [0.4, 0.5) is 16.4 Å². The number of nitrogen functional groups attached to an aromatic ring is 1.